The van der Waals surface area contributed by atoms with Gasteiger partial charge in [-0.3, -0.25) is 4.68 Å². The zero-order valence-electron chi connectivity index (χ0n) is 15.9. The zero-order chi connectivity index (χ0) is 22.0. The monoisotopic (exact) mass is 488 g/mol. The lowest BCUT2D eigenvalue weighted by atomic mass is 10.1. The van der Waals surface area contributed by atoms with E-state index in [0.717, 1.165) is 4.68 Å². The number of nitrogen functional groups attached to an aromatic ring is 1. The summed E-state index contributed by atoms with van der Waals surface area (Å²) in [4.78, 5) is 4.03. The topological polar surface area (TPSA) is 83.2 Å². The molecule has 0 spiro atoms. The molecule has 30 heavy (non-hydrogen) atoms. The highest BCUT2D eigenvalue weighted by Crippen LogP contribution is 2.35. The molecule has 7 nitrogen and oxygen atoms in total. The number of benzene rings is 1. The van der Waals surface area contributed by atoms with Crippen LogP contribution in [0.4, 0.5) is 23.5 Å². The Kier molecular flexibility index (Phi) is 6.44. The number of alkyl halides is 4. The maximum Gasteiger partial charge on any atom is 0.283 e. The van der Waals surface area contributed by atoms with Crippen LogP contribution in [0.5, 0.6) is 5.75 Å². The zero-order valence-corrected chi connectivity index (χ0v) is 17.4. The van der Waals surface area contributed by atoms with Crippen LogP contribution in [-0.2, 0) is 6.54 Å². The first-order valence-electron chi connectivity index (χ1n) is 8.56. The number of aryl methyl sites for hydroxylation is 1. The van der Waals surface area contributed by atoms with E-state index in [0.29, 0.717) is 22.6 Å². The lowest BCUT2D eigenvalue weighted by molar-refractivity contribution is 0.139. The maximum atomic E-state index is 13.5. The summed E-state index contributed by atoms with van der Waals surface area (Å²) < 4.78 is 60.3. The van der Waals surface area contributed by atoms with E-state index in [-0.39, 0.29) is 12.5 Å². The summed E-state index contributed by atoms with van der Waals surface area (Å²) >= 11 is 2.81. The lowest BCUT2D eigenvalue weighted by Crippen LogP contribution is -2.09. The Bertz CT molecular complexity index is 1080. The third-order valence-corrected chi connectivity index (χ3v) is 4.97. The highest BCUT2D eigenvalue weighted by Gasteiger charge is 2.28. The highest BCUT2D eigenvalue weighted by molar-refractivity contribution is 9.10. The SMILES string of the molecule is COc1ccc(C=Nn2cc(C)nc2N)cc1Cn1nc(C(F)F)c(Br)c1C(F)F. The van der Waals surface area contributed by atoms with Crippen molar-refractivity contribution in [3.8, 4) is 5.75 Å². The number of nitrogens with zero attached hydrogens (tertiary/aromatic N) is 5. The number of methoxy groups -OCH3 is 1. The van der Waals surface area contributed by atoms with Gasteiger partial charge in [0.25, 0.3) is 12.9 Å². The maximum absolute atomic E-state index is 13.5. The van der Waals surface area contributed by atoms with Gasteiger partial charge < -0.3 is 10.5 Å². The van der Waals surface area contributed by atoms with Crippen molar-refractivity contribution < 1.29 is 22.3 Å². The van der Waals surface area contributed by atoms with Crippen LogP contribution >= 0.6 is 15.9 Å². The molecular weight excluding hydrogens is 472 g/mol. The second kappa shape index (κ2) is 8.86. The van der Waals surface area contributed by atoms with E-state index in [1.807, 2.05) is 0 Å². The summed E-state index contributed by atoms with van der Waals surface area (Å²) in [5.41, 5.74) is 6.12. The Labute approximate surface area is 177 Å². The minimum atomic E-state index is -3.00. The van der Waals surface area contributed by atoms with Crippen LogP contribution in [0.15, 0.2) is 34.0 Å². The van der Waals surface area contributed by atoms with Crippen molar-refractivity contribution in [3.63, 3.8) is 0 Å². The van der Waals surface area contributed by atoms with Crippen molar-refractivity contribution in [2.75, 3.05) is 12.8 Å². The van der Waals surface area contributed by atoms with Crippen LogP contribution < -0.4 is 10.5 Å². The van der Waals surface area contributed by atoms with Crippen molar-refractivity contribution in [1.29, 1.82) is 0 Å². The van der Waals surface area contributed by atoms with Gasteiger partial charge in [-0.1, -0.05) is 0 Å². The summed E-state index contributed by atoms with van der Waals surface area (Å²) in [6.45, 7) is 1.56. The van der Waals surface area contributed by atoms with Crippen molar-refractivity contribution in [2.45, 2.75) is 26.3 Å². The van der Waals surface area contributed by atoms with Gasteiger partial charge in [-0.25, -0.2) is 27.2 Å². The van der Waals surface area contributed by atoms with Gasteiger partial charge in [-0.2, -0.15) is 10.2 Å². The van der Waals surface area contributed by atoms with Gasteiger partial charge in [0.2, 0.25) is 5.95 Å². The van der Waals surface area contributed by atoms with Crippen LogP contribution in [-0.4, -0.2) is 32.8 Å². The number of hydrogen-bond acceptors (Lipinski definition) is 5. The van der Waals surface area contributed by atoms with Gasteiger partial charge in [0.1, 0.15) is 17.1 Å². The van der Waals surface area contributed by atoms with E-state index in [1.165, 1.54) is 18.0 Å². The molecule has 0 amide bonds. The molecule has 0 atom stereocenters. The van der Waals surface area contributed by atoms with Gasteiger partial charge >= 0.3 is 0 Å². The number of ether oxygens (including phenoxy) is 1. The molecule has 12 heteroatoms. The number of rotatable bonds is 7. The molecule has 3 aromatic rings. The summed E-state index contributed by atoms with van der Waals surface area (Å²) in [6.07, 6.45) is -2.86. The van der Waals surface area contributed by atoms with Gasteiger partial charge in [-0.05, 0) is 46.6 Å². The van der Waals surface area contributed by atoms with Gasteiger partial charge in [0.05, 0.1) is 36.2 Å². The highest BCUT2D eigenvalue weighted by atomic mass is 79.9. The Morgan fingerprint density at radius 2 is 2.00 bits per heavy atom. The molecule has 2 aromatic heterocycles. The van der Waals surface area contributed by atoms with Crippen molar-refractivity contribution in [1.82, 2.24) is 19.4 Å². The standard InChI is InChI=1S/C18H17BrF4N6O/c1-9-7-29(18(24)26-9)25-6-10-3-4-12(30-2)11(5-10)8-28-15(17(22)23)13(19)14(27-28)16(20)21/h3-7,16-17H,8H2,1-2H3,(H2,24,26). The quantitative estimate of drug-likeness (QED) is 0.390. The largest absolute Gasteiger partial charge is 0.496 e. The minimum Gasteiger partial charge on any atom is -0.496 e. The van der Waals surface area contributed by atoms with E-state index in [1.54, 1.807) is 31.3 Å². The van der Waals surface area contributed by atoms with E-state index in [2.05, 4.69) is 31.1 Å². The summed E-state index contributed by atoms with van der Waals surface area (Å²) in [5.74, 6) is 0.593. The fourth-order valence-corrected chi connectivity index (χ4v) is 3.46. The van der Waals surface area contributed by atoms with Crippen molar-refractivity contribution in [3.05, 3.63) is 57.1 Å². The molecule has 0 fully saturated rings. The first-order valence-corrected chi connectivity index (χ1v) is 9.35. The minimum absolute atomic E-state index is 0.206. The molecule has 1 aromatic carbocycles. The second-order valence-corrected chi connectivity index (χ2v) is 7.04. The number of halogens is 5. The van der Waals surface area contributed by atoms with Crippen LogP contribution in [0.25, 0.3) is 0 Å². The predicted octanol–water partition coefficient (Wildman–Crippen LogP) is 4.55. The molecule has 0 aliphatic rings. The Morgan fingerprint density at radius 3 is 2.57 bits per heavy atom. The van der Waals surface area contributed by atoms with E-state index < -0.39 is 28.7 Å². The molecule has 160 valence electrons. The van der Waals surface area contributed by atoms with Crippen LogP contribution in [0.2, 0.25) is 0 Å². The summed E-state index contributed by atoms with van der Waals surface area (Å²) in [6, 6.07) is 4.95. The molecule has 0 aliphatic heterocycles. The molecule has 0 bridgehead atoms. The lowest BCUT2D eigenvalue weighted by Gasteiger charge is -2.12. The fourth-order valence-electron chi connectivity index (χ4n) is 2.83. The smallest absolute Gasteiger partial charge is 0.283 e. The number of aromatic nitrogens is 4. The Hall–Kier alpha value is -2.89. The number of imidazole rings is 1. The molecule has 3 rings (SSSR count). The molecule has 2 heterocycles. The predicted molar refractivity (Wildman–Crippen MR) is 106 cm³/mol. The molecular formula is C18H17BrF4N6O. The number of anilines is 1. The molecule has 0 saturated heterocycles. The molecule has 2 N–H and O–H groups in total. The fraction of sp³-hybridized carbons (Fsp3) is 0.278. The first-order chi connectivity index (χ1) is 14.2. The van der Waals surface area contributed by atoms with Crippen LogP contribution in [0.3, 0.4) is 0 Å². The molecule has 0 radical (unpaired) electrons. The Balaban J connectivity index is 1.97. The van der Waals surface area contributed by atoms with E-state index in [9.17, 15) is 17.6 Å². The first kappa shape index (κ1) is 21.8. The summed E-state index contributed by atoms with van der Waals surface area (Å²) in [5, 5.41) is 7.86. The van der Waals surface area contributed by atoms with Crippen LogP contribution in [0.1, 0.15) is 41.1 Å². The third kappa shape index (κ3) is 4.48. The average molecular weight is 489 g/mol. The van der Waals surface area contributed by atoms with E-state index in [4.69, 9.17) is 10.5 Å². The molecule has 0 saturated carbocycles. The van der Waals surface area contributed by atoms with Crippen molar-refractivity contribution in [2.24, 2.45) is 5.10 Å². The average Bonchev–Trinajstić information content (AvgIpc) is 3.18. The molecule has 0 unspecified atom stereocenters. The van der Waals surface area contributed by atoms with Crippen molar-refractivity contribution >= 4 is 28.1 Å². The van der Waals surface area contributed by atoms with Gasteiger partial charge in [0, 0.05) is 5.56 Å². The molecule has 0 aliphatic carbocycles. The normalized spacial score (nSPS) is 11.9. The van der Waals surface area contributed by atoms with E-state index >= 15 is 0 Å². The Morgan fingerprint density at radius 1 is 1.27 bits per heavy atom. The third-order valence-electron chi connectivity index (χ3n) is 4.16. The number of nitrogens with two attached hydrogens (primary N) is 1. The van der Waals surface area contributed by atoms with Gasteiger partial charge in [-0.15, -0.1) is 0 Å². The van der Waals surface area contributed by atoms with Gasteiger partial charge in [0.15, 0.2) is 0 Å². The second-order valence-electron chi connectivity index (χ2n) is 6.24. The number of hydrogen-bond donors (Lipinski definition) is 1. The summed E-state index contributed by atoms with van der Waals surface area (Å²) in [7, 11) is 1.42. The van der Waals surface area contributed by atoms with Crippen LogP contribution in [0, 0.1) is 6.92 Å².